The Hall–Kier alpha value is -0.590. The van der Waals surface area contributed by atoms with Crippen molar-refractivity contribution in [3.63, 3.8) is 0 Å². The van der Waals surface area contributed by atoms with E-state index in [1.807, 2.05) is 6.92 Å². The van der Waals surface area contributed by atoms with E-state index in [9.17, 15) is 5.26 Å². The van der Waals surface area contributed by atoms with Crippen LogP contribution in [0, 0.1) is 11.3 Å². The maximum Gasteiger partial charge on any atom is 0.104 e. The van der Waals surface area contributed by atoms with Gasteiger partial charge in [0, 0.05) is 18.1 Å². The van der Waals surface area contributed by atoms with Gasteiger partial charge in [-0.2, -0.15) is 5.26 Å². The summed E-state index contributed by atoms with van der Waals surface area (Å²) in [5.41, 5.74) is -0.368. The third kappa shape index (κ3) is 5.42. The first kappa shape index (κ1) is 17.5. The van der Waals surface area contributed by atoms with Crippen LogP contribution >= 0.6 is 0 Å². The minimum absolute atomic E-state index is 0.363. The second-order valence-electron chi connectivity index (χ2n) is 7.07. The van der Waals surface area contributed by atoms with E-state index >= 15 is 0 Å². The SMILES string of the molecule is CC(C)NC(C)(C#N)CCCCN1[C@H](C)CCC[C@@H]1C. The Morgan fingerprint density at radius 2 is 1.85 bits per heavy atom. The summed E-state index contributed by atoms with van der Waals surface area (Å²) in [7, 11) is 0. The molecule has 1 aliphatic rings. The van der Waals surface area contributed by atoms with Crippen molar-refractivity contribution in [2.45, 2.75) is 96.8 Å². The van der Waals surface area contributed by atoms with Gasteiger partial charge in [0.25, 0.3) is 0 Å². The Labute approximate surface area is 125 Å². The lowest BCUT2D eigenvalue weighted by molar-refractivity contribution is 0.101. The van der Waals surface area contributed by atoms with E-state index in [0.29, 0.717) is 6.04 Å². The molecule has 0 radical (unpaired) electrons. The van der Waals surface area contributed by atoms with Gasteiger partial charge in [0.2, 0.25) is 0 Å². The Balaban J connectivity index is 2.31. The molecule has 0 aromatic rings. The third-order valence-electron chi connectivity index (χ3n) is 4.57. The second kappa shape index (κ2) is 8.00. The van der Waals surface area contributed by atoms with Crippen LogP contribution in [-0.2, 0) is 0 Å². The van der Waals surface area contributed by atoms with Crippen LogP contribution in [0.1, 0.15) is 73.1 Å². The Kier molecular flexibility index (Phi) is 6.99. The first-order valence-electron chi connectivity index (χ1n) is 8.32. The molecule has 0 spiro atoms. The highest BCUT2D eigenvalue weighted by atomic mass is 15.2. The predicted molar refractivity (Wildman–Crippen MR) is 85.6 cm³/mol. The minimum atomic E-state index is -0.368. The van der Waals surface area contributed by atoms with E-state index in [4.69, 9.17) is 0 Å². The highest BCUT2D eigenvalue weighted by Gasteiger charge is 2.26. The second-order valence-corrected chi connectivity index (χ2v) is 7.07. The summed E-state index contributed by atoms with van der Waals surface area (Å²) in [5, 5.41) is 12.7. The molecule has 0 aromatic heterocycles. The zero-order chi connectivity index (χ0) is 15.2. The summed E-state index contributed by atoms with van der Waals surface area (Å²) in [6.45, 7) is 12.1. The van der Waals surface area contributed by atoms with Gasteiger partial charge in [0.15, 0.2) is 0 Å². The average Bonchev–Trinajstić information content (AvgIpc) is 2.36. The van der Waals surface area contributed by atoms with Crippen molar-refractivity contribution in [3.05, 3.63) is 0 Å². The van der Waals surface area contributed by atoms with E-state index < -0.39 is 0 Å². The first-order chi connectivity index (χ1) is 9.38. The van der Waals surface area contributed by atoms with Gasteiger partial charge in [-0.05, 0) is 73.3 Å². The van der Waals surface area contributed by atoms with Crippen LogP contribution in [0.15, 0.2) is 0 Å². The van der Waals surface area contributed by atoms with Gasteiger partial charge >= 0.3 is 0 Å². The van der Waals surface area contributed by atoms with Gasteiger partial charge in [-0.25, -0.2) is 0 Å². The maximum absolute atomic E-state index is 9.34. The first-order valence-corrected chi connectivity index (χ1v) is 8.32. The Morgan fingerprint density at radius 3 is 2.35 bits per heavy atom. The van der Waals surface area contributed by atoms with E-state index in [-0.39, 0.29) is 5.54 Å². The lowest BCUT2D eigenvalue weighted by atomic mass is 9.94. The Bertz CT molecular complexity index is 311. The van der Waals surface area contributed by atoms with Gasteiger partial charge < -0.3 is 0 Å². The number of rotatable bonds is 7. The zero-order valence-corrected chi connectivity index (χ0v) is 14.1. The van der Waals surface area contributed by atoms with Crippen LogP contribution in [0.25, 0.3) is 0 Å². The number of nitrogens with zero attached hydrogens (tertiary/aromatic N) is 2. The van der Waals surface area contributed by atoms with Crippen LogP contribution in [-0.4, -0.2) is 35.1 Å². The van der Waals surface area contributed by atoms with Crippen molar-refractivity contribution in [3.8, 4) is 6.07 Å². The lowest BCUT2D eigenvalue weighted by Crippen LogP contribution is -2.45. The molecule has 1 fully saturated rings. The van der Waals surface area contributed by atoms with Crippen LogP contribution in [0.2, 0.25) is 0 Å². The third-order valence-corrected chi connectivity index (χ3v) is 4.57. The summed E-state index contributed by atoms with van der Waals surface area (Å²) >= 11 is 0. The molecule has 3 heteroatoms. The summed E-state index contributed by atoms with van der Waals surface area (Å²) in [5.74, 6) is 0. The molecule has 1 heterocycles. The molecule has 0 saturated carbocycles. The van der Waals surface area contributed by atoms with Crippen molar-refractivity contribution in [2.75, 3.05) is 6.54 Å². The van der Waals surface area contributed by atoms with E-state index in [0.717, 1.165) is 24.9 Å². The molecule has 1 unspecified atom stereocenters. The van der Waals surface area contributed by atoms with Crippen molar-refractivity contribution >= 4 is 0 Å². The van der Waals surface area contributed by atoms with Crippen LogP contribution in [0.3, 0.4) is 0 Å². The average molecular weight is 279 g/mol. The van der Waals surface area contributed by atoms with Gasteiger partial charge in [0.05, 0.1) is 6.07 Å². The highest BCUT2D eigenvalue weighted by Crippen LogP contribution is 2.23. The van der Waals surface area contributed by atoms with Crippen molar-refractivity contribution in [1.29, 1.82) is 5.26 Å². The maximum atomic E-state index is 9.34. The van der Waals surface area contributed by atoms with E-state index in [1.165, 1.54) is 32.2 Å². The van der Waals surface area contributed by atoms with Crippen molar-refractivity contribution in [2.24, 2.45) is 0 Å². The molecular weight excluding hydrogens is 246 g/mol. The van der Waals surface area contributed by atoms with Crippen molar-refractivity contribution < 1.29 is 0 Å². The molecule has 0 amide bonds. The fraction of sp³-hybridized carbons (Fsp3) is 0.941. The fourth-order valence-electron chi connectivity index (χ4n) is 3.49. The summed E-state index contributed by atoms with van der Waals surface area (Å²) in [4.78, 5) is 2.66. The zero-order valence-electron chi connectivity index (χ0n) is 14.1. The van der Waals surface area contributed by atoms with Crippen LogP contribution < -0.4 is 5.32 Å². The lowest BCUT2D eigenvalue weighted by Gasteiger charge is -2.39. The molecule has 1 rings (SSSR count). The van der Waals surface area contributed by atoms with Crippen LogP contribution in [0.4, 0.5) is 0 Å². The molecule has 3 atom stereocenters. The number of hydrogen-bond acceptors (Lipinski definition) is 3. The van der Waals surface area contributed by atoms with Crippen LogP contribution in [0.5, 0.6) is 0 Å². The molecule has 1 saturated heterocycles. The van der Waals surface area contributed by atoms with E-state index in [1.54, 1.807) is 0 Å². The molecule has 1 aliphatic heterocycles. The molecule has 1 N–H and O–H groups in total. The molecule has 20 heavy (non-hydrogen) atoms. The molecule has 3 nitrogen and oxygen atoms in total. The van der Waals surface area contributed by atoms with E-state index in [2.05, 4.69) is 44.0 Å². The molecule has 116 valence electrons. The molecule has 0 aromatic carbocycles. The summed E-state index contributed by atoms with van der Waals surface area (Å²) in [6.07, 6.45) is 7.33. The standard InChI is InChI=1S/C17H33N3/c1-14(2)19-17(5,13-18)11-6-7-12-20-15(3)9-8-10-16(20)4/h14-16,19H,6-12H2,1-5H3/t15-,16+,17?. The molecule has 0 bridgehead atoms. The highest BCUT2D eigenvalue weighted by molar-refractivity contribution is 5.04. The molecule has 0 aliphatic carbocycles. The largest absolute Gasteiger partial charge is 0.298 e. The normalized spacial score (nSPS) is 27.2. The minimum Gasteiger partial charge on any atom is -0.298 e. The van der Waals surface area contributed by atoms with Gasteiger partial charge in [0.1, 0.15) is 5.54 Å². The number of hydrogen-bond donors (Lipinski definition) is 1. The van der Waals surface area contributed by atoms with Gasteiger partial charge in [-0.3, -0.25) is 10.2 Å². The quantitative estimate of drug-likeness (QED) is 0.722. The number of likely N-dealkylation sites (tertiary alicyclic amines) is 1. The molecular formula is C17H33N3. The number of nitriles is 1. The topological polar surface area (TPSA) is 39.1 Å². The number of unbranched alkanes of at least 4 members (excludes halogenated alkanes) is 1. The van der Waals surface area contributed by atoms with Gasteiger partial charge in [-0.15, -0.1) is 0 Å². The number of nitrogens with one attached hydrogen (secondary N) is 1. The smallest absolute Gasteiger partial charge is 0.104 e. The fourth-order valence-corrected chi connectivity index (χ4v) is 3.49. The summed E-state index contributed by atoms with van der Waals surface area (Å²) in [6, 6.07) is 4.27. The van der Waals surface area contributed by atoms with Gasteiger partial charge in [-0.1, -0.05) is 6.42 Å². The monoisotopic (exact) mass is 279 g/mol. The van der Waals surface area contributed by atoms with Crippen molar-refractivity contribution in [1.82, 2.24) is 10.2 Å². The number of piperidine rings is 1. The predicted octanol–water partition coefficient (Wildman–Crippen LogP) is 3.70. The summed E-state index contributed by atoms with van der Waals surface area (Å²) < 4.78 is 0. The Morgan fingerprint density at radius 1 is 1.25 bits per heavy atom.